The molecule has 2 rings (SSSR count). The third kappa shape index (κ3) is 13.6. The molecule has 1 aromatic carbocycles. The van der Waals surface area contributed by atoms with Crippen molar-refractivity contribution in [1.82, 2.24) is 4.98 Å². The first-order valence-corrected chi connectivity index (χ1v) is 9.90. The first-order chi connectivity index (χ1) is 14.7. The molecule has 1 heterocycles. The van der Waals surface area contributed by atoms with Crippen LogP contribution in [-0.4, -0.2) is 76.6 Å². The number of pyridine rings is 1. The summed E-state index contributed by atoms with van der Waals surface area (Å²) in [7, 11) is 4.30. The number of rotatable bonds is 11. The zero-order valence-electron chi connectivity index (χ0n) is 17.9. The fourth-order valence-corrected chi connectivity index (χ4v) is 2.83. The number of likely N-dealkylation sites (N-methyl/N-ethyl adjacent to an activating group) is 1. The minimum absolute atomic E-state index is 0.275. The lowest BCUT2D eigenvalue weighted by molar-refractivity contribution is -0.893. The van der Waals surface area contributed by atoms with Crippen LogP contribution in [0.25, 0.3) is 0 Å². The number of hydrogen-bond acceptors (Lipinski definition) is 5. The van der Waals surface area contributed by atoms with E-state index in [1.54, 1.807) is 12.3 Å². The zero-order chi connectivity index (χ0) is 23.1. The largest absolute Gasteiger partial charge is 0.478 e. The van der Waals surface area contributed by atoms with Crippen LogP contribution in [0.5, 0.6) is 5.88 Å². The van der Waals surface area contributed by atoms with Crippen LogP contribution in [-0.2, 0) is 16.0 Å². The molecule has 2 aromatic rings. The molecule has 8 heteroatoms. The van der Waals surface area contributed by atoms with E-state index in [1.165, 1.54) is 5.56 Å². The van der Waals surface area contributed by atoms with E-state index in [4.69, 9.17) is 14.9 Å². The Morgan fingerprint density at radius 2 is 1.65 bits per heavy atom. The maximum atomic E-state index is 10.2. The summed E-state index contributed by atoms with van der Waals surface area (Å²) in [6.45, 7) is 1.97. The van der Waals surface area contributed by atoms with Crippen LogP contribution >= 0.6 is 0 Å². The molecule has 168 valence electrons. The number of aliphatic carboxylic acids is 2. The summed E-state index contributed by atoms with van der Waals surface area (Å²) in [5.74, 6) is -1.96. The van der Waals surface area contributed by atoms with E-state index in [0.29, 0.717) is 24.6 Å². The molecule has 1 atom stereocenters. The van der Waals surface area contributed by atoms with Crippen LogP contribution < -0.4 is 4.74 Å². The van der Waals surface area contributed by atoms with Crippen LogP contribution in [0.3, 0.4) is 0 Å². The van der Waals surface area contributed by atoms with Crippen LogP contribution in [0.4, 0.5) is 0 Å². The van der Waals surface area contributed by atoms with Crippen molar-refractivity contribution >= 4 is 11.9 Å². The van der Waals surface area contributed by atoms with Crippen molar-refractivity contribution in [3.8, 4) is 5.88 Å². The van der Waals surface area contributed by atoms with Crippen molar-refractivity contribution in [3.05, 3.63) is 72.4 Å². The van der Waals surface area contributed by atoms with Crippen LogP contribution in [0.2, 0.25) is 0 Å². The van der Waals surface area contributed by atoms with Gasteiger partial charge in [-0.15, -0.1) is 0 Å². The fourth-order valence-electron chi connectivity index (χ4n) is 2.83. The lowest BCUT2D eigenvalue weighted by Crippen LogP contribution is -2.47. The zero-order valence-corrected chi connectivity index (χ0v) is 17.9. The number of aryl methyl sites for hydroxylation is 1. The molecule has 0 saturated carbocycles. The third-order valence-corrected chi connectivity index (χ3v) is 4.21. The molecule has 0 aliphatic carbocycles. The van der Waals surface area contributed by atoms with Gasteiger partial charge in [0.05, 0.1) is 20.6 Å². The van der Waals surface area contributed by atoms with Crippen molar-refractivity contribution in [3.63, 3.8) is 0 Å². The number of hydrogen-bond donors (Lipinski definition) is 3. The summed E-state index contributed by atoms with van der Waals surface area (Å²) in [5, 5.41) is 25.8. The average molecular weight is 432 g/mol. The second-order valence-corrected chi connectivity index (χ2v) is 7.57. The van der Waals surface area contributed by atoms with E-state index in [2.05, 4.69) is 43.3 Å². The highest BCUT2D eigenvalue weighted by atomic mass is 16.5. The Morgan fingerprint density at radius 1 is 1.03 bits per heavy atom. The van der Waals surface area contributed by atoms with Crippen LogP contribution in [0, 0.1) is 0 Å². The number of nitrogens with zero attached hydrogens (tertiary/aromatic N) is 2. The standard InChI is InChI=1S/C19H27N2O2.C4H4O4/c1-21(2,14-8-11-17-9-4-3-5-10-17)15-18(22)16-23-19-12-6-7-13-20-19;5-3(6)1-2-4(7)8/h3-7,9-10,12-13,18,22H,8,11,14-16H2,1-2H3;1-2H,(H,5,6)(H,7,8)/q+1;/b;2-1-. The highest BCUT2D eigenvalue weighted by Crippen LogP contribution is 2.09. The molecular weight excluding hydrogens is 400 g/mol. The van der Waals surface area contributed by atoms with E-state index in [1.807, 2.05) is 18.2 Å². The third-order valence-electron chi connectivity index (χ3n) is 4.21. The topological polar surface area (TPSA) is 117 Å². The molecule has 0 aliphatic rings. The smallest absolute Gasteiger partial charge is 0.328 e. The Kier molecular flexibility index (Phi) is 11.6. The maximum Gasteiger partial charge on any atom is 0.328 e. The van der Waals surface area contributed by atoms with Gasteiger partial charge in [0.1, 0.15) is 19.3 Å². The number of aliphatic hydroxyl groups is 1. The van der Waals surface area contributed by atoms with Gasteiger partial charge in [0.15, 0.2) is 0 Å². The molecule has 0 fully saturated rings. The highest BCUT2D eigenvalue weighted by Gasteiger charge is 2.20. The molecule has 0 spiro atoms. The summed E-state index contributed by atoms with van der Waals surface area (Å²) in [5.41, 5.74) is 1.37. The van der Waals surface area contributed by atoms with Gasteiger partial charge in [-0.05, 0) is 18.1 Å². The lowest BCUT2D eigenvalue weighted by atomic mass is 10.1. The number of carbonyl (C=O) groups is 2. The Labute approximate surface area is 182 Å². The molecule has 1 aromatic heterocycles. The number of aliphatic hydroxyl groups excluding tert-OH is 1. The molecule has 31 heavy (non-hydrogen) atoms. The quantitative estimate of drug-likeness (QED) is 0.369. The van der Waals surface area contributed by atoms with Crippen molar-refractivity contribution < 1.29 is 34.1 Å². The van der Waals surface area contributed by atoms with Gasteiger partial charge in [-0.25, -0.2) is 14.6 Å². The van der Waals surface area contributed by atoms with E-state index < -0.39 is 18.0 Å². The molecule has 0 radical (unpaired) electrons. The summed E-state index contributed by atoms with van der Waals surface area (Å²) < 4.78 is 6.29. The van der Waals surface area contributed by atoms with Gasteiger partial charge in [0.25, 0.3) is 0 Å². The van der Waals surface area contributed by atoms with Gasteiger partial charge in [0, 0.05) is 30.8 Å². The molecule has 8 nitrogen and oxygen atoms in total. The second-order valence-electron chi connectivity index (χ2n) is 7.57. The van der Waals surface area contributed by atoms with Gasteiger partial charge in [-0.3, -0.25) is 0 Å². The minimum Gasteiger partial charge on any atom is -0.478 e. The molecular formula is C23H31N2O6+. The van der Waals surface area contributed by atoms with Crippen molar-refractivity contribution in [2.24, 2.45) is 0 Å². The predicted molar refractivity (Wildman–Crippen MR) is 117 cm³/mol. The average Bonchev–Trinajstić information content (AvgIpc) is 2.72. The normalized spacial score (nSPS) is 12.0. The van der Waals surface area contributed by atoms with E-state index >= 15 is 0 Å². The first-order valence-electron chi connectivity index (χ1n) is 9.90. The van der Waals surface area contributed by atoms with E-state index in [9.17, 15) is 14.7 Å². The molecule has 0 saturated heterocycles. The fraction of sp³-hybridized carbons (Fsp3) is 0.348. The van der Waals surface area contributed by atoms with Gasteiger partial charge in [-0.1, -0.05) is 36.4 Å². The minimum atomic E-state index is -1.26. The maximum absolute atomic E-state index is 10.2. The Bertz CT molecular complexity index is 793. The number of carboxylic acid groups (broad SMARTS) is 2. The Hall–Kier alpha value is -3.23. The molecule has 0 aliphatic heterocycles. The number of benzene rings is 1. The number of aromatic nitrogens is 1. The van der Waals surface area contributed by atoms with Crippen LogP contribution in [0.15, 0.2) is 66.9 Å². The Balaban J connectivity index is 0.000000512. The summed E-state index contributed by atoms with van der Waals surface area (Å²) >= 11 is 0. The molecule has 1 unspecified atom stereocenters. The number of ether oxygens (including phenoxy) is 1. The molecule has 3 N–H and O–H groups in total. The van der Waals surface area contributed by atoms with Gasteiger partial charge >= 0.3 is 11.9 Å². The summed E-state index contributed by atoms with van der Waals surface area (Å²) in [6, 6.07) is 16.0. The molecule has 0 amide bonds. The second kappa shape index (κ2) is 13.9. The van der Waals surface area contributed by atoms with Gasteiger partial charge in [-0.2, -0.15) is 0 Å². The highest BCUT2D eigenvalue weighted by molar-refractivity contribution is 5.89. The lowest BCUT2D eigenvalue weighted by Gasteiger charge is -2.31. The molecule has 0 bridgehead atoms. The number of carboxylic acids is 2. The van der Waals surface area contributed by atoms with Crippen molar-refractivity contribution in [2.75, 3.05) is 33.8 Å². The number of quaternary nitrogens is 1. The van der Waals surface area contributed by atoms with Crippen molar-refractivity contribution in [2.45, 2.75) is 18.9 Å². The van der Waals surface area contributed by atoms with Gasteiger partial charge < -0.3 is 24.5 Å². The predicted octanol–water partition coefficient (Wildman–Crippen LogP) is 2.24. The SMILES string of the molecule is C[N+](C)(CCCc1ccccc1)CC(O)COc1ccccn1.O=C(O)/C=C\C(=O)O. The van der Waals surface area contributed by atoms with E-state index in [-0.39, 0.29) is 6.61 Å². The van der Waals surface area contributed by atoms with Crippen LogP contribution in [0.1, 0.15) is 12.0 Å². The first kappa shape index (κ1) is 25.8. The van der Waals surface area contributed by atoms with E-state index in [0.717, 1.165) is 23.9 Å². The van der Waals surface area contributed by atoms with Crippen molar-refractivity contribution in [1.29, 1.82) is 0 Å². The van der Waals surface area contributed by atoms with Gasteiger partial charge in [0.2, 0.25) is 5.88 Å². The summed E-state index contributed by atoms with van der Waals surface area (Å²) in [4.78, 5) is 23.2. The Morgan fingerprint density at radius 3 is 2.19 bits per heavy atom. The summed E-state index contributed by atoms with van der Waals surface area (Å²) in [6.07, 6.45) is 4.48. The monoisotopic (exact) mass is 431 g/mol.